The summed E-state index contributed by atoms with van der Waals surface area (Å²) in [5.41, 5.74) is 0.448. The zero-order chi connectivity index (χ0) is 25.1. The Morgan fingerprint density at radius 3 is 2.63 bits per heavy atom. The minimum absolute atomic E-state index is 0.135. The summed E-state index contributed by atoms with van der Waals surface area (Å²) in [4.78, 5) is 39.1. The van der Waals surface area contributed by atoms with Crippen LogP contribution < -0.4 is 20.2 Å². The van der Waals surface area contributed by atoms with Crippen molar-refractivity contribution >= 4 is 30.6 Å². The number of fused-ring (bicyclic) bond motifs is 1. The van der Waals surface area contributed by atoms with Crippen molar-refractivity contribution in [3.05, 3.63) is 59.7 Å². The van der Waals surface area contributed by atoms with Gasteiger partial charge in [0.15, 0.2) is 0 Å². The molecule has 4 rings (SSSR count). The Hall–Kier alpha value is -3.63. The standard InChI is InChI=1S/C24H26BF2N3O5/c1-14(2)11-21(25-34-20-6-4-3-5-16(20)24(33)35-25)29-22(31)13-28-23(32)19-9-10-30(19)18-8-7-15(26)12-17(18)27/h3-8,12,14,19,21H,9-11,13H2,1-2H3,(H,28,32)(H,29,31)/t19-,21-/m0/s1. The number of amides is 2. The predicted molar refractivity (Wildman–Crippen MR) is 125 cm³/mol. The Kier molecular flexibility index (Phi) is 7.23. The van der Waals surface area contributed by atoms with Crippen LogP contribution >= 0.6 is 0 Å². The van der Waals surface area contributed by atoms with Gasteiger partial charge < -0.3 is 24.8 Å². The van der Waals surface area contributed by atoms with Crippen LogP contribution in [0, 0.1) is 17.6 Å². The monoisotopic (exact) mass is 485 g/mol. The van der Waals surface area contributed by atoms with E-state index < -0.39 is 48.5 Å². The van der Waals surface area contributed by atoms with Crippen molar-refractivity contribution in [2.24, 2.45) is 5.92 Å². The number of nitrogens with one attached hydrogen (secondary N) is 2. The molecule has 0 aromatic heterocycles. The maximum atomic E-state index is 14.1. The number of carbonyl (C=O) groups is 3. The molecule has 1 fully saturated rings. The van der Waals surface area contributed by atoms with Crippen molar-refractivity contribution in [3.63, 3.8) is 0 Å². The van der Waals surface area contributed by atoms with Crippen molar-refractivity contribution < 1.29 is 32.5 Å². The summed E-state index contributed by atoms with van der Waals surface area (Å²) in [6.45, 7) is 4.04. The maximum Gasteiger partial charge on any atom is 0.620 e. The van der Waals surface area contributed by atoms with Crippen LogP contribution in [0.4, 0.5) is 14.5 Å². The van der Waals surface area contributed by atoms with E-state index in [1.54, 1.807) is 24.3 Å². The van der Waals surface area contributed by atoms with Gasteiger partial charge in [-0.3, -0.25) is 9.59 Å². The van der Waals surface area contributed by atoms with Crippen molar-refractivity contribution in [2.75, 3.05) is 18.0 Å². The molecule has 2 N–H and O–H groups in total. The number of carbonyl (C=O) groups excluding carboxylic acids is 3. The molecule has 2 heterocycles. The van der Waals surface area contributed by atoms with Crippen molar-refractivity contribution in [2.45, 2.75) is 38.7 Å². The van der Waals surface area contributed by atoms with E-state index in [1.807, 2.05) is 13.8 Å². The van der Waals surface area contributed by atoms with E-state index >= 15 is 0 Å². The number of benzene rings is 2. The number of nitrogens with zero attached hydrogens (tertiary/aromatic N) is 1. The van der Waals surface area contributed by atoms with Crippen LogP contribution in [-0.2, 0) is 14.2 Å². The lowest BCUT2D eigenvalue weighted by Gasteiger charge is -2.41. The zero-order valence-electron chi connectivity index (χ0n) is 19.4. The van der Waals surface area contributed by atoms with E-state index in [0.717, 1.165) is 12.1 Å². The predicted octanol–water partition coefficient (Wildman–Crippen LogP) is 2.47. The van der Waals surface area contributed by atoms with Gasteiger partial charge in [0, 0.05) is 12.6 Å². The second kappa shape index (κ2) is 10.3. The number of halogens is 2. The molecule has 35 heavy (non-hydrogen) atoms. The first-order valence-electron chi connectivity index (χ1n) is 11.5. The van der Waals surface area contributed by atoms with Crippen molar-refractivity contribution in [3.8, 4) is 5.75 Å². The highest BCUT2D eigenvalue weighted by atomic mass is 19.1. The second-order valence-corrected chi connectivity index (χ2v) is 9.00. The van der Waals surface area contributed by atoms with E-state index in [1.165, 1.54) is 11.0 Å². The van der Waals surface area contributed by atoms with E-state index in [0.29, 0.717) is 30.7 Å². The quantitative estimate of drug-likeness (QED) is 0.558. The highest BCUT2D eigenvalue weighted by Crippen LogP contribution is 2.29. The molecule has 184 valence electrons. The smallest absolute Gasteiger partial charge is 0.524 e. The van der Waals surface area contributed by atoms with Crippen LogP contribution in [0.1, 0.15) is 37.0 Å². The second-order valence-electron chi connectivity index (χ2n) is 9.00. The van der Waals surface area contributed by atoms with E-state index in [-0.39, 0.29) is 18.2 Å². The van der Waals surface area contributed by atoms with Gasteiger partial charge in [-0.1, -0.05) is 26.0 Å². The molecular formula is C24H26BF2N3O5. The summed E-state index contributed by atoms with van der Waals surface area (Å²) in [7, 11) is -1.01. The molecule has 0 aliphatic carbocycles. The summed E-state index contributed by atoms with van der Waals surface area (Å²) in [6.07, 6.45) is 0.950. The average Bonchev–Trinajstić information content (AvgIpc) is 2.78. The molecule has 0 saturated carbocycles. The summed E-state index contributed by atoms with van der Waals surface area (Å²) >= 11 is 0. The van der Waals surface area contributed by atoms with Gasteiger partial charge in [-0.05, 0) is 43.0 Å². The molecule has 11 heteroatoms. The third-order valence-electron chi connectivity index (χ3n) is 5.94. The molecule has 2 aromatic carbocycles. The van der Waals surface area contributed by atoms with E-state index in [9.17, 15) is 23.2 Å². The van der Waals surface area contributed by atoms with Gasteiger partial charge >= 0.3 is 13.1 Å². The molecule has 1 saturated heterocycles. The molecule has 0 spiro atoms. The summed E-state index contributed by atoms with van der Waals surface area (Å²) in [6, 6.07) is 9.22. The third kappa shape index (κ3) is 5.55. The summed E-state index contributed by atoms with van der Waals surface area (Å²) in [5, 5.41) is 5.35. The van der Waals surface area contributed by atoms with Crippen LogP contribution in [0.25, 0.3) is 0 Å². The Balaban J connectivity index is 1.34. The van der Waals surface area contributed by atoms with Gasteiger partial charge in [-0.15, -0.1) is 0 Å². The van der Waals surface area contributed by atoms with Gasteiger partial charge in [0.2, 0.25) is 11.8 Å². The fourth-order valence-electron chi connectivity index (χ4n) is 4.17. The van der Waals surface area contributed by atoms with Crippen LogP contribution in [0.3, 0.4) is 0 Å². The number of anilines is 1. The largest absolute Gasteiger partial charge is 0.620 e. The molecule has 2 atom stereocenters. The highest BCUT2D eigenvalue weighted by molar-refractivity contribution is 6.51. The number of para-hydroxylation sites is 1. The molecule has 0 bridgehead atoms. The van der Waals surface area contributed by atoms with Gasteiger partial charge in [-0.25, -0.2) is 13.6 Å². The minimum atomic E-state index is -1.01. The van der Waals surface area contributed by atoms with Crippen LogP contribution in [0.2, 0.25) is 0 Å². The Morgan fingerprint density at radius 1 is 1.17 bits per heavy atom. The van der Waals surface area contributed by atoms with Crippen LogP contribution in [-0.4, -0.2) is 50.0 Å². The van der Waals surface area contributed by atoms with Crippen LogP contribution in [0.15, 0.2) is 42.5 Å². The molecule has 2 aliphatic rings. The van der Waals surface area contributed by atoms with E-state index in [2.05, 4.69) is 10.6 Å². The normalized spacial score (nSPS) is 17.6. The maximum absolute atomic E-state index is 14.1. The molecule has 2 aromatic rings. The van der Waals surface area contributed by atoms with Crippen molar-refractivity contribution in [1.29, 1.82) is 0 Å². The number of rotatable bonds is 8. The van der Waals surface area contributed by atoms with Crippen molar-refractivity contribution in [1.82, 2.24) is 10.6 Å². The Morgan fingerprint density at radius 2 is 1.94 bits per heavy atom. The fraction of sp³-hybridized carbons (Fsp3) is 0.375. The zero-order valence-corrected chi connectivity index (χ0v) is 19.4. The Labute approximate surface area is 202 Å². The lowest BCUT2D eigenvalue weighted by Crippen LogP contribution is -2.59. The van der Waals surface area contributed by atoms with Gasteiger partial charge in [0.1, 0.15) is 23.4 Å². The van der Waals surface area contributed by atoms with Gasteiger partial charge in [-0.2, -0.15) is 0 Å². The fourth-order valence-corrected chi connectivity index (χ4v) is 4.17. The first kappa shape index (κ1) is 24.5. The molecular weight excluding hydrogens is 459 g/mol. The molecule has 0 radical (unpaired) electrons. The number of hydrogen-bond donors (Lipinski definition) is 2. The van der Waals surface area contributed by atoms with Crippen LogP contribution in [0.5, 0.6) is 5.75 Å². The SMILES string of the molecule is CC(C)C[C@H](NC(=O)CNC(=O)[C@@H]1CCN1c1ccc(F)cc1F)B1OC(=O)c2ccccc2O1. The lowest BCUT2D eigenvalue weighted by atomic mass is 9.72. The van der Waals surface area contributed by atoms with Gasteiger partial charge in [0.25, 0.3) is 0 Å². The molecule has 2 aliphatic heterocycles. The number of hydrogen-bond acceptors (Lipinski definition) is 6. The first-order valence-corrected chi connectivity index (χ1v) is 11.5. The topological polar surface area (TPSA) is 97.0 Å². The third-order valence-corrected chi connectivity index (χ3v) is 5.94. The molecule has 0 unspecified atom stereocenters. The molecule has 8 nitrogen and oxygen atoms in total. The first-order chi connectivity index (χ1) is 16.7. The minimum Gasteiger partial charge on any atom is -0.524 e. The molecule has 2 amide bonds. The highest BCUT2D eigenvalue weighted by Gasteiger charge is 2.42. The van der Waals surface area contributed by atoms with Gasteiger partial charge in [0.05, 0.1) is 23.7 Å². The van der Waals surface area contributed by atoms with E-state index in [4.69, 9.17) is 9.31 Å². The summed E-state index contributed by atoms with van der Waals surface area (Å²) in [5.74, 6) is -3.01. The Bertz CT molecular complexity index is 1130. The lowest BCUT2D eigenvalue weighted by molar-refractivity contribution is -0.127. The summed E-state index contributed by atoms with van der Waals surface area (Å²) < 4.78 is 38.5. The average molecular weight is 485 g/mol.